The lowest BCUT2D eigenvalue weighted by atomic mass is 10.2. The molecule has 7 heteroatoms. The molecule has 2 saturated heterocycles. The largest absolute Gasteiger partial charge is 0.353 e. The zero-order chi connectivity index (χ0) is 19.3. The Balaban J connectivity index is 1.33. The van der Waals surface area contributed by atoms with Gasteiger partial charge >= 0.3 is 0 Å². The molecule has 2 aromatic rings. The van der Waals surface area contributed by atoms with Crippen LogP contribution in [0.4, 0.5) is 11.8 Å². The molecule has 28 heavy (non-hydrogen) atoms. The van der Waals surface area contributed by atoms with Crippen LogP contribution >= 0.6 is 0 Å². The van der Waals surface area contributed by atoms with Gasteiger partial charge in [0.05, 0.1) is 0 Å². The maximum atomic E-state index is 11.5. The van der Waals surface area contributed by atoms with E-state index in [1.54, 1.807) is 6.92 Å². The molecule has 0 N–H and O–H groups in total. The SMILES string of the molecule is CC(=O)N1CCN(c2ccnc(N3CCN(Cc4ccccc4)CC3)n2)CC1. The molecule has 0 saturated carbocycles. The van der Waals surface area contributed by atoms with Crippen LogP contribution in [0, 0.1) is 0 Å². The molecule has 2 aliphatic rings. The Labute approximate surface area is 166 Å². The summed E-state index contributed by atoms with van der Waals surface area (Å²) in [6.45, 7) is 9.69. The van der Waals surface area contributed by atoms with Gasteiger partial charge in [0.2, 0.25) is 11.9 Å². The van der Waals surface area contributed by atoms with Crippen molar-refractivity contribution < 1.29 is 4.79 Å². The van der Waals surface area contributed by atoms with Gasteiger partial charge in [-0.25, -0.2) is 4.98 Å². The van der Waals surface area contributed by atoms with Crippen LogP contribution < -0.4 is 9.80 Å². The fourth-order valence-corrected chi connectivity index (χ4v) is 3.87. The molecular weight excluding hydrogens is 352 g/mol. The first-order valence-corrected chi connectivity index (χ1v) is 10.0. The van der Waals surface area contributed by atoms with Gasteiger partial charge in [-0.1, -0.05) is 30.3 Å². The van der Waals surface area contributed by atoms with Gasteiger partial charge in [-0.05, 0) is 11.6 Å². The molecular formula is C21H28N6O. The Bertz CT molecular complexity index is 782. The van der Waals surface area contributed by atoms with Crippen LogP contribution in [0.5, 0.6) is 0 Å². The van der Waals surface area contributed by atoms with E-state index in [-0.39, 0.29) is 5.91 Å². The standard InChI is InChI=1S/C21H28N6O/c1-18(28)25-13-15-26(16-14-25)20-7-8-22-21(23-20)27-11-9-24(10-12-27)17-19-5-3-2-4-6-19/h2-8H,9-17H2,1H3. The molecule has 0 spiro atoms. The lowest BCUT2D eigenvalue weighted by Gasteiger charge is -2.36. The number of hydrogen-bond acceptors (Lipinski definition) is 6. The fraction of sp³-hybridized carbons (Fsp3) is 0.476. The van der Waals surface area contributed by atoms with Crippen molar-refractivity contribution in [1.29, 1.82) is 0 Å². The zero-order valence-corrected chi connectivity index (χ0v) is 16.5. The van der Waals surface area contributed by atoms with Gasteiger partial charge in [-0.3, -0.25) is 9.69 Å². The first-order chi connectivity index (χ1) is 13.7. The molecule has 1 aromatic heterocycles. The van der Waals surface area contributed by atoms with Crippen molar-refractivity contribution in [2.45, 2.75) is 13.5 Å². The predicted octanol–water partition coefficient (Wildman–Crippen LogP) is 1.47. The van der Waals surface area contributed by atoms with E-state index in [4.69, 9.17) is 4.98 Å². The quantitative estimate of drug-likeness (QED) is 0.801. The number of aromatic nitrogens is 2. The zero-order valence-electron chi connectivity index (χ0n) is 16.5. The Hall–Kier alpha value is -2.67. The summed E-state index contributed by atoms with van der Waals surface area (Å²) in [5.41, 5.74) is 1.36. The molecule has 2 fully saturated rings. The van der Waals surface area contributed by atoms with Crippen LogP contribution in [0.3, 0.4) is 0 Å². The molecule has 0 atom stereocenters. The molecule has 0 aliphatic carbocycles. The van der Waals surface area contributed by atoms with Crippen molar-refractivity contribution in [3.63, 3.8) is 0 Å². The van der Waals surface area contributed by atoms with Gasteiger partial charge in [0, 0.05) is 72.0 Å². The number of hydrogen-bond donors (Lipinski definition) is 0. The lowest BCUT2D eigenvalue weighted by Crippen LogP contribution is -2.49. The average molecular weight is 380 g/mol. The second-order valence-corrected chi connectivity index (χ2v) is 7.46. The third-order valence-corrected chi connectivity index (χ3v) is 5.58. The molecule has 3 heterocycles. The highest BCUT2D eigenvalue weighted by atomic mass is 16.2. The number of rotatable bonds is 4. The van der Waals surface area contributed by atoms with Crippen molar-refractivity contribution >= 4 is 17.7 Å². The number of benzene rings is 1. The van der Waals surface area contributed by atoms with Crippen molar-refractivity contribution in [3.05, 3.63) is 48.2 Å². The number of nitrogens with zero attached hydrogens (tertiary/aromatic N) is 6. The maximum absolute atomic E-state index is 11.5. The third kappa shape index (κ3) is 4.42. The summed E-state index contributed by atoms with van der Waals surface area (Å²) < 4.78 is 0. The molecule has 0 radical (unpaired) electrons. The summed E-state index contributed by atoms with van der Waals surface area (Å²) in [5.74, 6) is 1.92. The average Bonchev–Trinajstić information content (AvgIpc) is 2.75. The first kappa shape index (κ1) is 18.7. The van der Waals surface area contributed by atoms with Crippen molar-refractivity contribution in [2.75, 3.05) is 62.2 Å². The van der Waals surface area contributed by atoms with Gasteiger partial charge < -0.3 is 14.7 Å². The van der Waals surface area contributed by atoms with Gasteiger partial charge in [0.15, 0.2) is 0 Å². The van der Waals surface area contributed by atoms with Gasteiger partial charge in [0.1, 0.15) is 5.82 Å². The molecule has 0 bridgehead atoms. The Morgan fingerprint density at radius 1 is 0.893 bits per heavy atom. The van der Waals surface area contributed by atoms with E-state index in [9.17, 15) is 4.79 Å². The van der Waals surface area contributed by atoms with Crippen LogP contribution in [-0.4, -0.2) is 78.0 Å². The monoisotopic (exact) mass is 380 g/mol. The number of anilines is 2. The fourth-order valence-electron chi connectivity index (χ4n) is 3.87. The molecule has 148 valence electrons. The van der Waals surface area contributed by atoms with Gasteiger partial charge in [-0.15, -0.1) is 0 Å². The summed E-state index contributed by atoms with van der Waals surface area (Å²) in [6.07, 6.45) is 1.85. The highest BCUT2D eigenvalue weighted by molar-refractivity contribution is 5.73. The summed E-state index contributed by atoms with van der Waals surface area (Å²) in [7, 11) is 0. The Morgan fingerprint density at radius 3 is 2.25 bits per heavy atom. The first-order valence-electron chi connectivity index (χ1n) is 10.0. The second-order valence-electron chi connectivity index (χ2n) is 7.46. The van der Waals surface area contributed by atoms with Gasteiger partial charge in [-0.2, -0.15) is 4.98 Å². The summed E-state index contributed by atoms with van der Waals surface area (Å²) >= 11 is 0. The summed E-state index contributed by atoms with van der Waals surface area (Å²) in [4.78, 5) is 29.7. The topological polar surface area (TPSA) is 55.8 Å². The molecule has 4 rings (SSSR count). The normalized spacial score (nSPS) is 18.4. The Kier molecular flexibility index (Phi) is 5.71. The van der Waals surface area contributed by atoms with E-state index in [0.29, 0.717) is 0 Å². The second kappa shape index (κ2) is 8.56. The third-order valence-electron chi connectivity index (χ3n) is 5.58. The predicted molar refractivity (Wildman–Crippen MR) is 110 cm³/mol. The van der Waals surface area contributed by atoms with Gasteiger partial charge in [0.25, 0.3) is 0 Å². The molecule has 1 aromatic carbocycles. The number of carbonyl (C=O) groups is 1. The highest BCUT2D eigenvalue weighted by Gasteiger charge is 2.22. The Morgan fingerprint density at radius 2 is 1.57 bits per heavy atom. The van der Waals surface area contributed by atoms with Crippen LogP contribution in [0.25, 0.3) is 0 Å². The summed E-state index contributed by atoms with van der Waals surface area (Å²) in [5, 5.41) is 0. The molecule has 0 unspecified atom stereocenters. The number of amides is 1. The molecule has 1 amide bonds. The van der Waals surface area contributed by atoms with E-state index >= 15 is 0 Å². The van der Waals surface area contributed by atoms with Crippen LogP contribution in [0.1, 0.15) is 12.5 Å². The van der Waals surface area contributed by atoms with E-state index < -0.39 is 0 Å². The van der Waals surface area contributed by atoms with Crippen molar-refractivity contribution in [2.24, 2.45) is 0 Å². The molecule has 2 aliphatic heterocycles. The van der Waals surface area contributed by atoms with E-state index in [1.165, 1.54) is 5.56 Å². The van der Waals surface area contributed by atoms with Crippen LogP contribution in [0.2, 0.25) is 0 Å². The van der Waals surface area contributed by atoms with E-state index in [2.05, 4.69) is 50.0 Å². The van der Waals surface area contributed by atoms with Crippen molar-refractivity contribution in [3.8, 4) is 0 Å². The molecule has 7 nitrogen and oxygen atoms in total. The van der Waals surface area contributed by atoms with Crippen LogP contribution in [-0.2, 0) is 11.3 Å². The smallest absolute Gasteiger partial charge is 0.227 e. The number of carbonyl (C=O) groups excluding carboxylic acids is 1. The van der Waals surface area contributed by atoms with Crippen LogP contribution in [0.15, 0.2) is 42.6 Å². The lowest BCUT2D eigenvalue weighted by molar-refractivity contribution is -0.129. The minimum absolute atomic E-state index is 0.149. The van der Waals surface area contributed by atoms with E-state index in [1.807, 2.05) is 17.2 Å². The minimum Gasteiger partial charge on any atom is -0.353 e. The summed E-state index contributed by atoms with van der Waals surface area (Å²) in [6, 6.07) is 12.6. The minimum atomic E-state index is 0.149. The number of piperazine rings is 2. The van der Waals surface area contributed by atoms with E-state index in [0.717, 1.165) is 70.7 Å². The van der Waals surface area contributed by atoms with Crippen molar-refractivity contribution in [1.82, 2.24) is 19.8 Å². The highest BCUT2D eigenvalue weighted by Crippen LogP contribution is 2.18. The maximum Gasteiger partial charge on any atom is 0.227 e.